The molecule has 0 spiro atoms. The van der Waals surface area contributed by atoms with E-state index in [4.69, 9.17) is 11.6 Å². The molecule has 1 aromatic heterocycles. The van der Waals surface area contributed by atoms with Gasteiger partial charge in [-0.15, -0.1) is 11.3 Å². The average molecular weight is 283 g/mol. The fourth-order valence-electron chi connectivity index (χ4n) is 1.22. The molecular weight excluding hydrogens is 275 g/mol. The first kappa shape index (κ1) is 12.7. The fraction of sp³-hybridized carbons (Fsp3) is 0. The van der Waals surface area contributed by atoms with E-state index >= 15 is 0 Å². The number of nitrogens with one attached hydrogen (secondary N) is 1. The number of hydrogen-bond acceptors (Lipinski definition) is 3. The molecule has 0 aliphatic heterocycles. The van der Waals surface area contributed by atoms with Crippen LogP contribution in [-0.2, 0) is 0 Å². The lowest BCUT2D eigenvalue weighted by Gasteiger charge is -1.98. The fourth-order valence-corrected chi connectivity index (χ4v) is 2.15. The van der Waals surface area contributed by atoms with Crippen LogP contribution in [0.1, 0.15) is 15.2 Å². The third kappa shape index (κ3) is 3.38. The molecule has 0 radical (unpaired) electrons. The third-order valence-corrected chi connectivity index (χ3v) is 3.22. The summed E-state index contributed by atoms with van der Waals surface area (Å²) < 4.78 is 13.3. The molecule has 0 fully saturated rings. The molecule has 1 amide bonds. The molecule has 0 aliphatic carbocycles. The molecule has 92 valence electrons. The van der Waals surface area contributed by atoms with Crippen LogP contribution in [0, 0.1) is 5.82 Å². The highest BCUT2D eigenvalue weighted by molar-refractivity contribution is 7.17. The Hall–Kier alpha value is -1.72. The Morgan fingerprint density at radius 1 is 1.28 bits per heavy atom. The number of halogens is 2. The monoisotopic (exact) mass is 282 g/mol. The SMILES string of the molecule is O=C(N/N=C\c1ccc(Cl)s1)c1ccc(F)cc1. The van der Waals surface area contributed by atoms with Gasteiger partial charge in [0.15, 0.2) is 0 Å². The van der Waals surface area contributed by atoms with Crippen molar-refractivity contribution in [3.05, 3.63) is 57.0 Å². The standard InChI is InChI=1S/C12H8ClFN2OS/c13-11-6-5-10(18-11)7-15-16-12(17)8-1-3-9(14)4-2-8/h1-7H,(H,16,17)/b15-7-. The van der Waals surface area contributed by atoms with Crippen LogP contribution < -0.4 is 5.43 Å². The van der Waals surface area contributed by atoms with Crippen molar-refractivity contribution in [1.29, 1.82) is 0 Å². The van der Waals surface area contributed by atoms with E-state index in [1.165, 1.54) is 41.8 Å². The van der Waals surface area contributed by atoms with Crippen molar-refractivity contribution in [1.82, 2.24) is 5.43 Å². The Balaban J connectivity index is 1.96. The molecule has 2 rings (SSSR count). The van der Waals surface area contributed by atoms with Crippen molar-refractivity contribution in [2.24, 2.45) is 5.10 Å². The quantitative estimate of drug-likeness (QED) is 0.681. The number of carbonyl (C=O) groups excluding carboxylic acids is 1. The number of carbonyl (C=O) groups is 1. The summed E-state index contributed by atoms with van der Waals surface area (Å²) >= 11 is 7.10. The second kappa shape index (κ2) is 5.75. The second-order valence-corrected chi connectivity index (χ2v) is 5.09. The Bertz CT molecular complexity index is 580. The molecule has 1 aromatic carbocycles. The molecule has 0 atom stereocenters. The first-order chi connectivity index (χ1) is 8.65. The largest absolute Gasteiger partial charge is 0.271 e. The highest BCUT2D eigenvalue weighted by Gasteiger charge is 2.03. The van der Waals surface area contributed by atoms with Crippen molar-refractivity contribution in [2.75, 3.05) is 0 Å². The Labute approximate surface area is 112 Å². The van der Waals surface area contributed by atoms with Gasteiger partial charge < -0.3 is 0 Å². The molecule has 6 heteroatoms. The second-order valence-electron chi connectivity index (χ2n) is 3.35. The minimum Gasteiger partial charge on any atom is -0.267 e. The van der Waals surface area contributed by atoms with Crippen molar-refractivity contribution in [2.45, 2.75) is 0 Å². The number of rotatable bonds is 3. The van der Waals surface area contributed by atoms with Crippen LogP contribution in [0.15, 0.2) is 41.5 Å². The van der Waals surface area contributed by atoms with Crippen molar-refractivity contribution >= 4 is 35.1 Å². The van der Waals surface area contributed by atoms with Gasteiger partial charge in [0.25, 0.3) is 5.91 Å². The smallest absolute Gasteiger partial charge is 0.267 e. The van der Waals surface area contributed by atoms with Crippen LogP contribution in [0.25, 0.3) is 0 Å². The predicted molar refractivity (Wildman–Crippen MR) is 70.8 cm³/mol. The maximum absolute atomic E-state index is 12.7. The summed E-state index contributed by atoms with van der Waals surface area (Å²) in [5.41, 5.74) is 2.69. The summed E-state index contributed by atoms with van der Waals surface area (Å²) in [6.07, 6.45) is 1.50. The van der Waals surface area contributed by atoms with E-state index in [0.29, 0.717) is 9.90 Å². The topological polar surface area (TPSA) is 41.5 Å². The van der Waals surface area contributed by atoms with Gasteiger partial charge in [0, 0.05) is 10.4 Å². The van der Waals surface area contributed by atoms with E-state index in [2.05, 4.69) is 10.5 Å². The minimum atomic E-state index is -0.395. The van der Waals surface area contributed by atoms with E-state index < -0.39 is 5.91 Å². The van der Waals surface area contributed by atoms with Crippen molar-refractivity contribution in [3.63, 3.8) is 0 Å². The number of benzene rings is 1. The highest BCUT2D eigenvalue weighted by Crippen LogP contribution is 2.19. The Kier molecular flexibility index (Phi) is 4.07. The molecule has 2 aromatic rings. The zero-order chi connectivity index (χ0) is 13.0. The number of amides is 1. The van der Waals surface area contributed by atoms with Gasteiger partial charge in [-0.3, -0.25) is 4.79 Å². The summed E-state index contributed by atoms with van der Waals surface area (Å²) in [5.74, 6) is -0.780. The Morgan fingerprint density at radius 2 is 2.00 bits per heavy atom. The first-order valence-electron chi connectivity index (χ1n) is 4.99. The molecule has 0 saturated heterocycles. The van der Waals surface area contributed by atoms with Crippen LogP contribution in [0.3, 0.4) is 0 Å². The van der Waals surface area contributed by atoms with Crippen LogP contribution in [-0.4, -0.2) is 12.1 Å². The molecule has 0 saturated carbocycles. The predicted octanol–water partition coefficient (Wildman–Crippen LogP) is 3.30. The molecule has 3 nitrogen and oxygen atoms in total. The van der Waals surface area contributed by atoms with Crippen LogP contribution in [0.4, 0.5) is 4.39 Å². The van der Waals surface area contributed by atoms with Gasteiger partial charge in [-0.05, 0) is 36.4 Å². The van der Waals surface area contributed by atoms with Gasteiger partial charge in [0.05, 0.1) is 10.6 Å². The molecule has 0 bridgehead atoms. The molecule has 18 heavy (non-hydrogen) atoms. The van der Waals surface area contributed by atoms with Crippen LogP contribution in [0.5, 0.6) is 0 Å². The van der Waals surface area contributed by atoms with Gasteiger partial charge in [0.2, 0.25) is 0 Å². The lowest BCUT2D eigenvalue weighted by molar-refractivity contribution is 0.0955. The normalized spacial score (nSPS) is 10.8. The van der Waals surface area contributed by atoms with E-state index in [0.717, 1.165) is 4.88 Å². The van der Waals surface area contributed by atoms with Crippen LogP contribution >= 0.6 is 22.9 Å². The third-order valence-electron chi connectivity index (χ3n) is 2.06. The summed E-state index contributed by atoms with van der Waals surface area (Å²) in [4.78, 5) is 12.4. The van der Waals surface area contributed by atoms with E-state index in [1.54, 1.807) is 12.1 Å². The van der Waals surface area contributed by atoms with Gasteiger partial charge >= 0.3 is 0 Å². The Morgan fingerprint density at radius 3 is 2.61 bits per heavy atom. The van der Waals surface area contributed by atoms with E-state index in [1.807, 2.05) is 0 Å². The summed E-state index contributed by atoms with van der Waals surface area (Å²) in [6.45, 7) is 0. The first-order valence-corrected chi connectivity index (χ1v) is 6.19. The van der Waals surface area contributed by atoms with Gasteiger partial charge in [-0.1, -0.05) is 11.6 Å². The van der Waals surface area contributed by atoms with Crippen LogP contribution in [0.2, 0.25) is 4.34 Å². The lowest BCUT2D eigenvalue weighted by Crippen LogP contribution is -2.17. The van der Waals surface area contributed by atoms with Crippen molar-refractivity contribution in [3.8, 4) is 0 Å². The molecule has 1 heterocycles. The lowest BCUT2D eigenvalue weighted by atomic mass is 10.2. The minimum absolute atomic E-state index is 0.345. The molecule has 1 N–H and O–H groups in total. The number of thiophene rings is 1. The molecule has 0 unspecified atom stereocenters. The summed E-state index contributed by atoms with van der Waals surface area (Å²) in [5, 5.41) is 3.79. The highest BCUT2D eigenvalue weighted by atomic mass is 35.5. The van der Waals surface area contributed by atoms with Gasteiger partial charge in [-0.2, -0.15) is 5.10 Å². The zero-order valence-corrected chi connectivity index (χ0v) is 10.6. The summed E-state index contributed by atoms with van der Waals surface area (Å²) in [6, 6.07) is 8.76. The summed E-state index contributed by atoms with van der Waals surface area (Å²) in [7, 11) is 0. The molecular formula is C12H8ClFN2OS. The number of hydrazone groups is 1. The van der Waals surface area contributed by atoms with E-state index in [-0.39, 0.29) is 5.82 Å². The number of hydrogen-bond donors (Lipinski definition) is 1. The van der Waals surface area contributed by atoms with Gasteiger partial charge in [0.1, 0.15) is 5.82 Å². The molecule has 0 aliphatic rings. The zero-order valence-electron chi connectivity index (χ0n) is 9.06. The maximum Gasteiger partial charge on any atom is 0.271 e. The number of nitrogens with zero attached hydrogens (tertiary/aromatic N) is 1. The van der Waals surface area contributed by atoms with Gasteiger partial charge in [-0.25, -0.2) is 9.82 Å². The average Bonchev–Trinajstić information content (AvgIpc) is 2.76. The van der Waals surface area contributed by atoms with E-state index in [9.17, 15) is 9.18 Å². The van der Waals surface area contributed by atoms with Crippen molar-refractivity contribution < 1.29 is 9.18 Å². The maximum atomic E-state index is 12.7.